The molecule has 1 aliphatic rings. The van der Waals surface area contributed by atoms with Crippen LogP contribution in [-0.4, -0.2) is 59.1 Å². The molecule has 4 atom stereocenters. The lowest BCUT2D eigenvalue weighted by molar-refractivity contribution is -0.0463. The smallest absolute Gasteiger partial charge is 0.325 e. The van der Waals surface area contributed by atoms with Crippen LogP contribution in [0.3, 0.4) is 0 Å². The number of nitrogen functional groups attached to an aromatic ring is 1. The summed E-state index contributed by atoms with van der Waals surface area (Å²) < 4.78 is 35.6. The molecule has 10 nitrogen and oxygen atoms in total. The van der Waals surface area contributed by atoms with Gasteiger partial charge in [0.25, 0.3) is 0 Å². The highest BCUT2D eigenvalue weighted by molar-refractivity contribution is 7.51. The molecule has 0 bridgehead atoms. The molecule has 29 heavy (non-hydrogen) atoms. The van der Waals surface area contributed by atoms with Crippen LogP contribution in [-0.2, 0) is 18.6 Å². The normalized spacial score (nSPS) is 24.2. The third kappa shape index (κ3) is 3.70. The van der Waals surface area contributed by atoms with Crippen LogP contribution in [0.25, 0.3) is 21.9 Å². The zero-order valence-corrected chi connectivity index (χ0v) is 17.2. The van der Waals surface area contributed by atoms with E-state index >= 15 is 0 Å². The van der Waals surface area contributed by atoms with Gasteiger partial charge in [0.1, 0.15) is 35.9 Å². The van der Waals surface area contributed by atoms with Crippen LogP contribution in [0, 0.1) is 0 Å². The monoisotopic (exact) mass is 422 g/mol. The Hall–Kier alpha value is -2.23. The fourth-order valence-electron chi connectivity index (χ4n) is 3.76. The summed E-state index contributed by atoms with van der Waals surface area (Å²) in [4.78, 5) is 18.0. The Balaban J connectivity index is 1.79. The highest BCUT2D eigenvalue weighted by Crippen LogP contribution is 2.42. The molecule has 3 N–H and O–H groups in total. The molecule has 4 unspecified atom stereocenters. The van der Waals surface area contributed by atoms with Crippen LogP contribution < -0.4 is 10.5 Å². The molecule has 1 saturated heterocycles. The number of nitrogens with zero attached hydrogens (tertiary/aromatic N) is 3. The summed E-state index contributed by atoms with van der Waals surface area (Å²) in [5, 5.41) is 1.57. The molecule has 156 valence electrons. The van der Waals surface area contributed by atoms with E-state index in [0.717, 1.165) is 17.6 Å². The van der Waals surface area contributed by atoms with Gasteiger partial charge in [0.15, 0.2) is 0 Å². The fourth-order valence-corrected chi connectivity index (χ4v) is 4.18. The van der Waals surface area contributed by atoms with Crippen molar-refractivity contribution in [3.8, 4) is 5.75 Å². The summed E-state index contributed by atoms with van der Waals surface area (Å²) in [6.07, 6.45) is 0.684. The zero-order valence-electron chi connectivity index (χ0n) is 16.3. The molecule has 4 rings (SSSR count). The lowest BCUT2D eigenvalue weighted by Gasteiger charge is -2.18. The van der Waals surface area contributed by atoms with E-state index in [1.54, 1.807) is 14.2 Å². The van der Waals surface area contributed by atoms with E-state index in [-0.39, 0.29) is 12.7 Å². The minimum Gasteiger partial charge on any atom is -0.497 e. The van der Waals surface area contributed by atoms with E-state index in [2.05, 4.69) is 9.97 Å². The van der Waals surface area contributed by atoms with Gasteiger partial charge in [-0.2, -0.15) is 0 Å². The second-order valence-electron chi connectivity index (χ2n) is 6.95. The molecule has 0 spiro atoms. The Kier molecular flexibility index (Phi) is 5.22. The van der Waals surface area contributed by atoms with Gasteiger partial charge >= 0.3 is 7.60 Å². The second-order valence-corrected chi connectivity index (χ2v) is 8.81. The summed E-state index contributed by atoms with van der Waals surface area (Å²) in [5.74, 6) is 1.05. The van der Waals surface area contributed by atoms with Crippen molar-refractivity contribution in [3.05, 3.63) is 24.5 Å². The van der Waals surface area contributed by atoms with Crippen molar-refractivity contribution in [2.45, 2.75) is 24.9 Å². The van der Waals surface area contributed by atoms with Gasteiger partial charge in [-0.05, 0) is 18.2 Å². The number of aromatic nitrogens is 3. The first-order valence-electron chi connectivity index (χ1n) is 9.03. The van der Waals surface area contributed by atoms with Crippen molar-refractivity contribution in [1.29, 1.82) is 0 Å². The SMILES string of the molecule is COc1ccc2c(c1)c1c(N)ncnc1n2C1CC(OC)C(COP(C)(=O)O)O1. The van der Waals surface area contributed by atoms with Gasteiger partial charge in [-0.3, -0.25) is 9.13 Å². The number of hydrogen-bond donors (Lipinski definition) is 2. The third-order valence-electron chi connectivity index (χ3n) is 5.07. The molecular formula is C18H23N4O6P. The largest absolute Gasteiger partial charge is 0.497 e. The predicted molar refractivity (Wildman–Crippen MR) is 107 cm³/mol. The van der Waals surface area contributed by atoms with Gasteiger partial charge in [0.05, 0.1) is 30.7 Å². The molecule has 1 aliphatic heterocycles. The second kappa shape index (κ2) is 7.55. The molecule has 1 fully saturated rings. The van der Waals surface area contributed by atoms with Gasteiger partial charge in [0, 0.05) is 25.6 Å². The number of hydrogen-bond acceptors (Lipinski definition) is 8. The van der Waals surface area contributed by atoms with Crippen molar-refractivity contribution in [2.75, 3.05) is 33.2 Å². The van der Waals surface area contributed by atoms with E-state index in [4.69, 9.17) is 24.5 Å². The first-order valence-corrected chi connectivity index (χ1v) is 11.1. The number of nitrogens with two attached hydrogens (primary N) is 1. The molecule has 0 aliphatic carbocycles. The van der Waals surface area contributed by atoms with Gasteiger partial charge in [0.2, 0.25) is 0 Å². The van der Waals surface area contributed by atoms with Crippen molar-refractivity contribution < 1.29 is 28.2 Å². The average molecular weight is 422 g/mol. The Bertz CT molecular complexity index is 1100. The summed E-state index contributed by atoms with van der Waals surface area (Å²) in [7, 11) is -0.449. The van der Waals surface area contributed by atoms with Gasteiger partial charge < -0.3 is 29.4 Å². The number of fused-ring (bicyclic) bond motifs is 3. The van der Waals surface area contributed by atoms with Crippen LogP contribution in [0.5, 0.6) is 5.75 Å². The lowest BCUT2D eigenvalue weighted by Crippen LogP contribution is -2.27. The van der Waals surface area contributed by atoms with Crippen LogP contribution in [0.15, 0.2) is 24.5 Å². The Morgan fingerprint density at radius 2 is 2.17 bits per heavy atom. The molecule has 0 amide bonds. The molecule has 3 aromatic rings. The van der Waals surface area contributed by atoms with Gasteiger partial charge in [-0.25, -0.2) is 9.97 Å². The topological polar surface area (TPSA) is 131 Å². The molecule has 3 heterocycles. The van der Waals surface area contributed by atoms with Crippen molar-refractivity contribution in [2.24, 2.45) is 0 Å². The van der Waals surface area contributed by atoms with Crippen LogP contribution in [0.4, 0.5) is 5.82 Å². The summed E-state index contributed by atoms with van der Waals surface area (Å²) in [6.45, 7) is 1.09. The standard InChI is InChI=1S/C18H23N4O6P/c1-25-10-4-5-12-11(6-10)16-17(19)20-9-21-18(16)22(12)15-7-13(26-2)14(28-15)8-27-29(3,23)24/h4-6,9,13-15H,7-8H2,1-3H3,(H,23,24)(H2,19,20,21). The van der Waals surface area contributed by atoms with E-state index in [1.807, 2.05) is 22.8 Å². The Morgan fingerprint density at radius 3 is 2.86 bits per heavy atom. The number of rotatable bonds is 6. The first-order chi connectivity index (χ1) is 13.8. The highest BCUT2D eigenvalue weighted by atomic mass is 31.2. The lowest BCUT2D eigenvalue weighted by atomic mass is 10.2. The molecule has 0 saturated carbocycles. The van der Waals surface area contributed by atoms with Gasteiger partial charge in [-0.15, -0.1) is 0 Å². The average Bonchev–Trinajstić information content (AvgIpc) is 3.24. The molecule has 11 heteroatoms. The predicted octanol–water partition coefficient (Wildman–Crippen LogP) is 2.31. The maximum Gasteiger partial charge on any atom is 0.325 e. The summed E-state index contributed by atoms with van der Waals surface area (Å²) in [6, 6.07) is 5.65. The number of anilines is 1. The van der Waals surface area contributed by atoms with Crippen LogP contribution >= 0.6 is 7.60 Å². The van der Waals surface area contributed by atoms with Crippen molar-refractivity contribution in [3.63, 3.8) is 0 Å². The minimum absolute atomic E-state index is 0.0542. The summed E-state index contributed by atoms with van der Waals surface area (Å²) >= 11 is 0. The van der Waals surface area contributed by atoms with E-state index in [0.29, 0.717) is 29.0 Å². The molecule has 1 aromatic carbocycles. The Morgan fingerprint density at radius 1 is 1.38 bits per heavy atom. The molecular weight excluding hydrogens is 399 g/mol. The highest BCUT2D eigenvalue weighted by Gasteiger charge is 2.39. The maximum atomic E-state index is 11.5. The quantitative estimate of drug-likeness (QED) is 0.575. The number of ether oxygens (including phenoxy) is 3. The minimum atomic E-state index is -3.62. The number of benzene rings is 1. The van der Waals surface area contributed by atoms with Crippen molar-refractivity contribution >= 4 is 35.3 Å². The number of methoxy groups -OCH3 is 2. The third-order valence-corrected chi connectivity index (χ3v) is 5.70. The van der Waals surface area contributed by atoms with E-state index < -0.39 is 19.9 Å². The fraction of sp³-hybridized carbons (Fsp3) is 0.444. The maximum absolute atomic E-state index is 11.5. The molecule has 2 aromatic heterocycles. The van der Waals surface area contributed by atoms with Crippen LogP contribution in [0.2, 0.25) is 0 Å². The van der Waals surface area contributed by atoms with Crippen LogP contribution in [0.1, 0.15) is 12.6 Å². The summed E-state index contributed by atoms with van der Waals surface area (Å²) in [5.41, 5.74) is 7.64. The zero-order chi connectivity index (χ0) is 20.8. The first kappa shape index (κ1) is 20.1. The van der Waals surface area contributed by atoms with Gasteiger partial charge in [-0.1, -0.05) is 0 Å². The Labute approximate surface area is 167 Å². The van der Waals surface area contributed by atoms with E-state index in [1.165, 1.54) is 6.33 Å². The van der Waals surface area contributed by atoms with Crippen molar-refractivity contribution in [1.82, 2.24) is 14.5 Å². The molecule has 0 radical (unpaired) electrons. The van der Waals surface area contributed by atoms with E-state index in [9.17, 15) is 9.46 Å².